The van der Waals surface area contributed by atoms with Crippen LogP contribution in [-0.4, -0.2) is 60.9 Å². The second-order valence-corrected chi connectivity index (χ2v) is 9.32. The Hall–Kier alpha value is -3.12. The summed E-state index contributed by atoms with van der Waals surface area (Å²) in [5.41, 5.74) is 4.66. The van der Waals surface area contributed by atoms with Gasteiger partial charge in [-0.05, 0) is 49.2 Å². The number of aryl methyl sites for hydroxylation is 1. The van der Waals surface area contributed by atoms with Gasteiger partial charge in [-0.25, -0.2) is 0 Å². The third-order valence-electron chi connectivity index (χ3n) is 6.38. The molecular weight excluding hydrogens is 412 g/mol. The average Bonchev–Trinajstić information content (AvgIpc) is 3.04. The van der Waals surface area contributed by atoms with Crippen LogP contribution in [0.25, 0.3) is 5.57 Å². The van der Waals surface area contributed by atoms with Crippen molar-refractivity contribution in [3.8, 4) is 0 Å². The van der Waals surface area contributed by atoms with E-state index in [1.54, 1.807) is 0 Å². The lowest BCUT2D eigenvalue weighted by atomic mass is 10.0. The van der Waals surface area contributed by atoms with Gasteiger partial charge in [0.15, 0.2) is 0 Å². The Bertz CT molecular complexity index is 1030. The molecule has 0 spiro atoms. The Morgan fingerprint density at radius 1 is 0.879 bits per heavy atom. The van der Waals surface area contributed by atoms with Crippen molar-refractivity contribution in [2.75, 3.05) is 49.5 Å². The summed E-state index contributed by atoms with van der Waals surface area (Å²) in [6.45, 7) is 13.9. The van der Waals surface area contributed by atoms with E-state index in [1.807, 2.05) is 57.2 Å². The number of piperazine rings is 1. The number of nitrogens with zero attached hydrogens (tertiary/aromatic N) is 3. The van der Waals surface area contributed by atoms with Gasteiger partial charge in [-0.3, -0.25) is 14.5 Å². The minimum Gasteiger partial charge on any atom is -0.369 e. The van der Waals surface area contributed by atoms with Crippen LogP contribution in [0.3, 0.4) is 0 Å². The van der Waals surface area contributed by atoms with Crippen molar-refractivity contribution in [3.63, 3.8) is 0 Å². The molecule has 0 bridgehead atoms. The Balaban J connectivity index is 1.58. The van der Waals surface area contributed by atoms with Gasteiger partial charge in [-0.1, -0.05) is 50.6 Å². The minimum atomic E-state index is -0.260. The highest BCUT2D eigenvalue weighted by Gasteiger charge is 2.39. The topological polar surface area (TPSA) is 55.9 Å². The highest BCUT2D eigenvalue weighted by atomic mass is 16.2. The van der Waals surface area contributed by atoms with Crippen LogP contribution < -0.4 is 10.2 Å². The average molecular weight is 447 g/mol. The summed E-state index contributed by atoms with van der Waals surface area (Å²) in [7, 11) is 0. The lowest BCUT2D eigenvalue weighted by Crippen LogP contribution is -2.46. The van der Waals surface area contributed by atoms with E-state index in [1.165, 1.54) is 10.6 Å². The van der Waals surface area contributed by atoms with Crippen molar-refractivity contribution in [1.82, 2.24) is 9.80 Å². The van der Waals surface area contributed by atoms with E-state index in [4.69, 9.17) is 0 Å². The van der Waals surface area contributed by atoms with Gasteiger partial charge >= 0.3 is 0 Å². The molecule has 2 amide bonds. The number of nitrogens with one attached hydrogen (secondary N) is 1. The van der Waals surface area contributed by atoms with Crippen LogP contribution in [0, 0.1) is 12.8 Å². The van der Waals surface area contributed by atoms with E-state index in [9.17, 15) is 9.59 Å². The van der Waals surface area contributed by atoms with E-state index >= 15 is 0 Å². The SMILES string of the molecule is CCN1CCN(c2ccc(NC3=C(c4ccc(C)cc4)C(=O)N(CC(C)C)C3=O)cc2)CC1. The number of carbonyl (C=O) groups is 2. The van der Waals surface area contributed by atoms with Crippen LogP contribution >= 0.6 is 0 Å². The van der Waals surface area contributed by atoms with Crippen molar-refractivity contribution in [2.24, 2.45) is 5.92 Å². The zero-order valence-electron chi connectivity index (χ0n) is 20.1. The van der Waals surface area contributed by atoms with Gasteiger partial charge < -0.3 is 15.1 Å². The molecule has 0 atom stereocenters. The Labute approximate surface area is 196 Å². The van der Waals surface area contributed by atoms with Gasteiger partial charge in [0.2, 0.25) is 0 Å². The standard InChI is InChI=1S/C27H34N4O2/c1-5-29-14-16-30(17-15-29)23-12-10-22(11-13-23)28-25-24(21-8-6-20(4)7-9-21)26(32)31(27(25)33)18-19(2)3/h6-13,19,28H,5,14-18H2,1-4H3. The lowest BCUT2D eigenvalue weighted by molar-refractivity contribution is -0.137. The van der Waals surface area contributed by atoms with Gasteiger partial charge in [0, 0.05) is 44.1 Å². The second-order valence-electron chi connectivity index (χ2n) is 9.32. The number of amides is 2. The number of likely N-dealkylation sites (N-methyl/N-ethyl adjacent to an activating group) is 1. The van der Waals surface area contributed by atoms with Gasteiger partial charge in [-0.15, -0.1) is 0 Å². The molecule has 6 nitrogen and oxygen atoms in total. The van der Waals surface area contributed by atoms with Crippen molar-refractivity contribution in [1.29, 1.82) is 0 Å². The van der Waals surface area contributed by atoms with E-state index in [2.05, 4.69) is 34.2 Å². The molecule has 2 aliphatic rings. The molecular formula is C27H34N4O2. The fourth-order valence-corrected chi connectivity index (χ4v) is 4.43. The van der Waals surface area contributed by atoms with Crippen molar-refractivity contribution in [3.05, 3.63) is 65.4 Å². The number of benzene rings is 2. The lowest BCUT2D eigenvalue weighted by Gasteiger charge is -2.35. The summed E-state index contributed by atoms with van der Waals surface area (Å²) in [6, 6.07) is 15.9. The van der Waals surface area contributed by atoms with Gasteiger partial charge in [0.05, 0.1) is 5.57 Å². The molecule has 174 valence electrons. The highest BCUT2D eigenvalue weighted by Crippen LogP contribution is 2.31. The van der Waals surface area contributed by atoms with Crippen LogP contribution in [0.1, 0.15) is 31.9 Å². The maximum atomic E-state index is 13.3. The zero-order chi connectivity index (χ0) is 23.5. The first-order valence-corrected chi connectivity index (χ1v) is 11.9. The number of hydrogen-bond donors (Lipinski definition) is 1. The molecule has 0 aromatic heterocycles. The predicted octanol–water partition coefficient (Wildman–Crippen LogP) is 3.98. The number of imide groups is 1. The maximum absolute atomic E-state index is 13.3. The molecule has 33 heavy (non-hydrogen) atoms. The van der Waals surface area contributed by atoms with Gasteiger partial charge in [0.1, 0.15) is 5.70 Å². The van der Waals surface area contributed by atoms with E-state index in [0.717, 1.165) is 49.5 Å². The summed E-state index contributed by atoms with van der Waals surface area (Å²) in [6.07, 6.45) is 0. The molecule has 1 fully saturated rings. The first kappa shape index (κ1) is 23.1. The number of rotatable bonds is 7. The molecule has 0 radical (unpaired) electrons. The molecule has 2 heterocycles. The fourth-order valence-electron chi connectivity index (χ4n) is 4.43. The first-order chi connectivity index (χ1) is 15.9. The van der Waals surface area contributed by atoms with E-state index in [0.29, 0.717) is 17.8 Å². The predicted molar refractivity (Wildman–Crippen MR) is 134 cm³/mol. The van der Waals surface area contributed by atoms with E-state index < -0.39 is 0 Å². The molecule has 2 aromatic carbocycles. The summed E-state index contributed by atoms with van der Waals surface area (Å²) in [5.74, 6) is -0.293. The normalized spacial score (nSPS) is 17.5. The van der Waals surface area contributed by atoms with Crippen molar-refractivity contribution >= 4 is 28.8 Å². The van der Waals surface area contributed by atoms with Crippen LogP contribution in [0.15, 0.2) is 54.2 Å². The summed E-state index contributed by atoms with van der Waals surface area (Å²) < 4.78 is 0. The fraction of sp³-hybridized carbons (Fsp3) is 0.407. The number of anilines is 2. The van der Waals surface area contributed by atoms with Gasteiger partial charge in [0.25, 0.3) is 11.8 Å². The molecule has 2 aliphatic heterocycles. The molecule has 0 saturated carbocycles. The summed E-state index contributed by atoms with van der Waals surface area (Å²) in [5, 5.41) is 3.27. The van der Waals surface area contributed by atoms with Crippen LogP contribution in [0.5, 0.6) is 0 Å². The smallest absolute Gasteiger partial charge is 0.278 e. The van der Waals surface area contributed by atoms with E-state index in [-0.39, 0.29) is 17.7 Å². The Morgan fingerprint density at radius 2 is 1.52 bits per heavy atom. The third-order valence-corrected chi connectivity index (χ3v) is 6.38. The summed E-state index contributed by atoms with van der Waals surface area (Å²) in [4.78, 5) is 32.7. The van der Waals surface area contributed by atoms with Crippen LogP contribution in [0.4, 0.5) is 11.4 Å². The van der Waals surface area contributed by atoms with Crippen LogP contribution in [0.2, 0.25) is 0 Å². The molecule has 6 heteroatoms. The molecule has 0 aliphatic carbocycles. The molecule has 2 aromatic rings. The quantitative estimate of drug-likeness (QED) is 0.652. The number of hydrogen-bond acceptors (Lipinski definition) is 5. The maximum Gasteiger partial charge on any atom is 0.278 e. The number of carbonyl (C=O) groups excluding carboxylic acids is 2. The third kappa shape index (κ3) is 4.96. The monoisotopic (exact) mass is 446 g/mol. The zero-order valence-corrected chi connectivity index (χ0v) is 20.1. The molecule has 4 rings (SSSR count). The van der Waals surface area contributed by atoms with Crippen molar-refractivity contribution in [2.45, 2.75) is 27.7 Å². The minimum absolute atomic E-state index is 0.198. The van der Waals surface area contributed by atoms with Crippen LogP contribution in [-0.2, 0) is 9.59 Å². The highest BCUT2D eigenvalue weighted by molar-refractivity contribution is 6.36. The first-order valence-electron chi connectivity index (χ1n) is 11.9. The Kier molecular flexibility index (Phi) is 6.84. The second kappa shape index (κ2) is 9.79. The largest absolute Gasteiger partial charge is 0.369 e. The summed E-state index contributed by atoms with van der Waals surface area (Å²) >= 11 is 0. The molecule has 1 saturated heterocycles. The van der Waals surface area contributed by atoms with Gasteiger partial charge in [-0.2, -0.15) is 0 Å². The Morgan fingerprint density at radius 3 is 2.09 bits per heavy atom. The molecule has 0 unspecified atom stereocenters. The molecule has 1 N–H and O–H groups in total. The van der Waals surface area contributed by atoms with Crippen molar-refractivity contribution < 1.29 is 9.59 Å².